The molecule has 0 bridgehead atoms. The number of rotatable bonds is 11. The number of sulfonamides is 1. The van der Waals surface area contributed by atoms with Crippen molar-refractivity contribution >= 4 is 16.0 Å². The van der Waals surface area contributed by atoms with Crippen molar-refractivity contribution in [1.82, 2.24) is 9.71 Å². The normalized spacial score (nSPS) is 12.3. The third-order valence-electron chi connectivity index (χ3n) is 5.66. The summed E-state index contributed by atoms with van der Waals surface area (Å²) < 4.78 is 33.2. The Labute approximate surface area is 209 Å². The van der Waals surface area contributed by atoms with Crippen LogP contribution in [0.5, 0.6) is 5.75 Å². The SMILES string of the molecule is O=C(O)[C@H](Cc1ccc(O)cc1CCc1coc(-c2ccccc2)n1)NS(=O)(=O)Cc1ccccc1. The molecule has 0 aliphatic rings. The Morgan fingerprint density at radius 3 is 2.33 bits per heavy atom. The fraction of sp³-hybridized carbons (Fsp3) is 0.185. The Morgan fingerprint density at radius 2 is 1.64 bits per heavy atom. The van der Waals surface area contributed by atoms with Crippen molar-refractivity contribution in [2.45, 2.75) is 31.1 Å². The van der Waals surface area contributed by atoms with Crippen LogP contribution in [0, 0.1) is 0 Å². The zero-order chi connectivity index (χ0) is 25.5. The van der Waals surface area contributed by atoms with E-state index in [-0.39, 0.29) is 17.9 Å². The van der Waals surface area contributed by atoms with Gasteiger partial charge < -0.3 is 14.6 Å². The molecule has 3 aromatic carbocycles. The number of aromatic nitrogens is 1. The van der Waals surface area contributed by atoms with Gasteiger partial charge in [-0.05, 0) is 60.2 Å². The summed E-state index contributed by atoms with van der Waals surface area (Å²) in [5.41, 5.74) is 3.44. The highest BCUT2D eigenvalue weighted by atomic mass is 32.2. The second kappa shape index (κ2) is 11.2. The highest BCUT2D eigenvalue weighted by Crippen LogP contribution is 2.22. The lowest BCUT2D eigenvalue weighted by Gasteiger charge is -2.17. The van der Waals surface area contributed by atoms with Gasteiger partial charge in [0.1, 0.15) is 18.1 Å². The zero-order valence-corrected chi connectivity index (χ0v) is 20.2. The van der Waals surface area contributed by atoms with Gasteiger partial charge in [-0.25, -0.2) is 18.1 Å². The maximum Gasteiger partial charge on any atom is 0.322 e. The summed E-state index contributed by atoms with van der Waals surface area (Å²) in [5, 5.41) is 19.7. The van der Waals surface area contributed by atoms with E-state index < -0.39 is 22.0 Å². The van der Waals surface area contributed by atoms with E-state index in [1.54, 1.807) is 48.7 Å². The van der Waals surface area contributed by atoms with Gasteiger partial charge in [-0.1, -0.05) is 54.6 Å². The molecule has 8 nitrogen and oxygen atoms in total. The van der Waals surface area contributed by atoms with Crippen molar-refractivity contribution in [3.05, 3.63) is 108 Å². The lowest BCUT2D eigenvalue weighted by Crippen LogP contribution is -2.42. The van der Waals surface area contributed by atoms with E-state index in [2.05, 4.69) is 9.71 Å². The summed E-state index contributed by atoms with van der Waals surface area (Å²) in [5.74, 6) is -1.07. The number of carboxylic acid groups (broad SMARTS) is 1. The Morgan fingerprint density at radius 1 is 0.944 bits per heavy atom. The number of hydrogen-bond donors (Lipinski definition) is 3. The molecule has 9 heteroatoms. The number of carboxylic acids is 1. The van der Waals surface area contributed by atoms with E-state index in [1.165, 1.54) is 6.07 Å². The van der Waals surface area contributed by atoms with Crippen LogP contribution in [0.4, 0.5) is 0 Å². The fourth-order valence-electron chi connectivity index (χ4n) is 3.89. The summed E-state index contributed by atoms with van der Waals surface area (Å²) in [6.45, 7) is 0. The van der Waals surface area contributed by atoms with Crippen molar-refractivity contribution in [2.24, 2.45) is 0 Å². The van der Waals surface area contributed by atoms with Crippen LogP contribution in [0.25, 0.3) is 11.5 Å². The van der Waals surface area contributed by atoms with E-state index in [0.29, 0.717) is 41.1 Å². The first-order valence-corrected chi connectivity index (χ1v) is 13.0. The first-order chi connectivity index (χ1) is 17.3. The number of hydrogen-bond acceptors (Lipinski definition) is 6. The van der Waals surface area contributed by atoms with E-state index in [0.717, 1.165) is 5.56 Å². The molecule has 186 valence electrons. The summed E-state index contributed by atoms with van der Waals surface area (Å²) >= 11 is 0. The fourth-order valence-corrected chi connectivity index (χ4v) is 5.23. The standard InChI is InChI=1S/C27H26N2O6S/c30-24-14-12-22(16-25(27(31)32)29-36(33,34)18-19-7-3-1-4-8-19)21(15-24)11-13-23-17-35-26(28-23)20-9-5-2-6-10-20/h1-10,12,14-15,17,25,29-30H,11,13,16,18H2,(H,31,32)/t25-/m0/s1. The van der Waals surface area contributed by atoms with Crippen molar-refractivity contribution in [3.8, 4) is 17.2 Å². The zero-order valence-electron chi connectivity index (χ0n) is 19.4. The number of nitrogens with one attached hydrogen (secondary N) is 1. The second-order valence-corrected chi connectivity index (χ2v) is 10.2. The average Bonchev–Trinajstić information content (AvgIpc) is 3.33. The van der Waals surface area contributed by atoms with Gasteiger partial charge in [-0.2, -0.15) is 0 Å². The number of carbonyl (C=O) groups is 1. The topological polar surface area (TPSA) is 130 Å². The average molecular weight is 507 g/mol. The number of benzene rings is 3. The number of aliphatic carboxylic acids is 1. The molecular formula is C27H26N2O6S. The lowest BCUT2D eigenvalue weighted by molar-refractivity contribution is -0.138. The van der Waals surface area contributed by atoms with Gasteiger partial charge in [-0.3, -0.25) is 4.79 Å². The summed E-state index contributed by atoms with van der Waals surface area (Å²) in [7, 11) is -3.90. The molecule has 1 heterocycles. The molecule has 4 aromatic rings. The molecule has 1 atom stereocenters. The molecule has 0 radical (unpaired) electrons. The smallest absolute Gasteiger partial charge is 0.322 e. The number of aromatic hydroxyl groups is 1. The van der Waals surface area contributed by atoms with E-state index in [9.17, 15) is 23.4 Å². The quantitative estimate of drug-likeness (QED) is 0.281. The van der Waals surface area contributed by atoms with Crippen LogP contribution in [-0.4, -0.2) is 35.6 Å². The van der Waals surface area contributed by atoms with Gasteiger partial charge >= 0.3 is 5.97 Å². The van der Waals surface area contributed by atoms with E-state index >= 15 is 0 Å². The third-order valence-corrected chi connectivity index (χ3v) is 7.01. The predicted octanol–water partition coefficient (Wildman–Crippen LogP) is 3.95. The second-order valence-electron chi connectivity index (χ2n) is 8.42. The van der Waals surface area contributed by atoms with Crippen LogP contribution in [-0.2, 0) is 39.8 Å². The van der Waals surface area contributed by atoms with Crippen LogP contribution >= 0.6 is 0 Å². The maximum absolute atomic E-state index is 12.6. The number of aryl methyl sites for hydroxylation is 2. The molecular weight excluding hydrogens is 480 g/mol. The molecule has 0 spiro atoms. The van der Waals surface area contributed by atoms with Gasteiger partial charge in [-0.15, -0.1) is 0 Å². The maximum atomic E-state index is 12.6. The minimum atomic E-state index is -3.90. The summed E-state index contributed by atoms with van der Waals surface area (Å²) in [4.78, 5) is 16.4. The summed E-state index contributed by atoms with van der Waals surface area (Å²) in [6, 6.07) is 21.3. The minimum Gasteiger partial charge on any atom is -0.508 e. The van der Waals surface area contributed by atoms with Gasteiger partial charge in [0.2, 0.25) is 15.9 Å². The number of oxazole rings is 1. The van der Waals surface area contributed by atoms with Crippen LogP contribution in [0.15, 0.2) is 89.5 Å². The largest absolute Gasteiger partial charge is 0.508 e. The molecule has 0 aliphatic carbocycles. The Hall–Kier alpha value is -3.95. The number of phenols is 1. The monoisotopic (exact) mass is 506 g/mol. The Balaban J connectivity index is 1.47. The molecule has 4 rings (SSSR count). The molecule has 0 fully saturated rings. The van der Waals surface area contributed by atoms with Crippen LogP contribution in [0.1, 0.15) is 22.4 Å². The molecule has 3 N–H and O–H groups in total. The first-order valence-electron chi connectivity index (χ1n) is 11.4. The van der Waals surface area contributed by atoms with Crippen molar-refractivity contribution in [2.75, 3.05) is 0 Å². The lowest BCUT2D eigenvalue weighted by atomic mass is 9.96. The molecule has 0 amide bonds. The van der Waals surface area contributed by atoms with Crippen LogP contribution in [0.2, 0.25) is 0 Å². The van der Waals surface area contributed by atoms with Gasteiger partial charge in [0.25, 0.3) is 0 Å². The molecule has 0 saturated heterocycles. The molecule has 0 aliphatic heterocycles. The van der Waals surface area contributed by atoms with Crippen LogP contribution in [0.3, 0.4) is 0 Å². The number of nitrogens with zero attached hydrogens (tertiary/aromatic N) is 1. The highest BCUT2D eigenvalue weighted by molar-refractivity contribution is 7.88. The Kier molecular flexibility index (Phi) is 7.82. The Bertz CT molecular complexity index is 1420. The molecule has 0 saturated carbocycles. The van der Waals surface area contributed by atoms with Crippen molar-refractivity contribution in [3.63, 3.8) is 0 Å². The first kappa shape index (κ1) is 25.2. The van der Waals surface area contributed by atoms with Crippen molar-refractivity contribution < 1.29 is 27.8 Å². The third kappa shape index (κ3) is 6.80. The predicted molar refractivity (Wildman–Crippen MR) is 135 cm³/mol. The molecule has 1 aromatic heterocycles. The molecule has 0 unspecified atom stereocenters. The van der Waals surface area contributed by atoms with Gasteiger partial charge in [0, 0.05) is 5.56 Å². The minimum absolute atomic E-state index is 0.0374. The van der Waals surface area contributed by atoms with Gasteiger partial charge in [0.05, 0.1) is 11.4 Å². The van der Waals surface area contributed by atoms with Crippen LogP contribution < -0.4 is 4.72 Å². The van der Waals surface area contributed by atoms with E-state index in [1.807, 2.05) is 30.3 Å². The van der Waals surface area contributed by atoms with Crippen molar-refractivity contribution in [1.29, 1.82) is 0 Å². The molecule has 36 heavy (non-hydrogen) atoms. The van der Waals surface area contributed by atoms with E-state index in [4.69, 9.17) is 4.42 Å². The summed E-state index contributed by atoms with van der Waals surface area (Å²) in [6.07, 6.45) is 2.44. The highest BCUT2D eigenvalue weighted by Gasteiger charge is 2.25. The van der Waals surface area contributed by atoms with Gasteiger partial charge in [0.15, 0.2) is 0 Å². The number of phenolic OH excluding ortho intramolecular Hbond substituents is 1.